The highest BCUT2D eigenvalue weighted by molar-refractivity contribution is 6.30. The Morgan fingerprint density at radius 1 is 0.947 bits per heavy atom. The molecule has 0 unspecified atom stereocenters. The number of halogens is 1. The maximum absolute atomic E-state index is 9.12. The van der Waals surface area contributed by atoms with Crippen molar-refractivity contribution in [1.29, 1.82) is 0 Å². The topological polar surface area (TPSA) is 110 Å². The van der Waals surface area contributed by atoms with Gasteiger partial charge in [0.05, 0.1) is 6.61 Å². The van der Waals surface area contributed by atoms with Crippen molar-refractivity contribution in [2.45, 2.75) is 30.7 Å². The van der Waals surface area contributed by atoms with Crippen LogP contribution < -0.4 is 0 Å². The average molecular weight is 293 g/mol. The summed E-state index contributed by atoms with van der Waals surface area (Å²) in [4.78, 5) is 0. The molecular formula is C12H17ClO6. The lowest BCUT2D eigenvalue weighted by Gasteiger charge is -2.37. The van der Waals surface area contributed by atoms with Gasteiger partial charge in [-0.25, -0.2) is 0 Å². The van der Waals surface area contributed by atoms with Crippen LogP contribution in [0.1, 0.15) is 0 Å². The molecule has 1 aromatic rings. The SMILES string of the molecule is Clc1ccccc1.OC[C@H]1O[C@H](O)[C@H](O)[C@@H](O)[C@@H]1O. The molecule has 7 heteroatoms. The van der Waals surface area contributed by atoms with Crippen LogP contribution in [-0.2, 0) is 4.74 Å². The molecule has 0 saturated carbocycles. The zero-order valence-corrected chi connectivity index (χ0v) is 10.8. The molecule has 1 heterocycles. The predicted molar refractivity (Wildman–Crippen MR) is 67.4 cm³/mol. The summed E-state index contributed by atoms with van der Waals surface area (Å²) in [7, 11) is 0. The Hall–Kier alpha value is -0.730. The summed E-state index contributed by atoms with van der Waals surface area (Å²) in [5.41, 5.74) is 0. The minimum atomic E-state index is -1.57. The van der Waals surface area contributed by atoms with Crippen molar-refractivity contribution >= 4 is 11.6 Å². The largest absolute Gasteiger partial charge is 0.394 e. The molecule has 0 spiro atoms. The monoisotopic (exact) mass is 292 g/mol. The van der Waals surface area contributed by atoms with Gasteiger partial charge < -0.3 is 30.3 Å². The molecule has 19 heavy (non-hydrogen) atoms. The van der Waals surface area contributed by atoms with E-state index in [1.54, 1.807) is 0 Å². The number of hydrogen-bond acceptors (Lipinski definition) is 6. The third-order valence-electron chi connectivity index (χ3n) is 2.60. The van der Waals surface area contributed by atoms with Gasteiger partial charge in [0.25, 0.3) is 0 Å². The first-order valence-electron chi connectivity index (χ1n) is 5.66. The highest BCUT2D eigenvalue weighted by Crippen LogP contribution is 2.18. The molecule has 108 valence electrons. The van der Waals surface area contributed by atoms with Crippen molar-refractivity contribution in [2.75, 3.05) is 6.61 Å². The van der Waals surface area contributed by atoms with Crippen molar-refractivity contribution in [3.05, 3.63) is 35.4 Å². The molecule has 0 aromatic heterocycles. The molecule has 1 aliphatic heterocycles. The van der Waals surface area contributed by atoms with E-state index in [0.717, 1.165) is 5.02 Å². The van der Waals surface area contributed by atoms with E-state index in [2.05, 4.69) is 4.74 Å². The Morgan fingerprint density at radius 2 is 1.53 bits per heavy atom. The summed E-state index contributed by atoms with van der Waals surface area (Å²) < 4.78 is 4.58. The molecule has 0 radical (unpaired) electrons. The van der Waals surface area contributed by atoms with Crippen LogP contribution in [0.4, 0.5) is 0 Å². The number of ether oxygens (including phenoxy) is 1. The standard InChI is InChI=1S/C6H5Cl.C6H12O6/c7-6-4-2-1-3-5-6;7-1-2-3(8)4(9)5(10)6(11)12-2/h1-5H;2-11H,1H2/t;2-,3-,4+,5-,6+/m.1/s1. The first kappa shape index (κ1) is 16.3. The molecule has 5 atom stereocenters. The molecule has 2 rings (SSSR count). The van der Waals surface area contributed by atoms with Crippen LogP contribution in [0.3, 0.4) is 0 Å². The van der Waals surface area contributed by atoms with Crippen LogP contribution in [0.15, 0.2) is 30.3 Å². The molecule has 0 bridgehead atoms. The summed E-state index contributed by atoms with van der Waals surface area (Å²) in [6.07, 6.45) is -7.04. The number of rotatable bonds is 1. The number of aliphatic hydroxyl groups is 5. The predicted octanol–water partition coefficient (Wildman–Crippen LogP) is -0.881. The number of benzene rings is 1. The van der Waals surface area contributed by atoms with Crippen molar-refractivity contribution in [1.82, 2.24) is 0 Å². The van der Waals surface area contributed by atoms with E-state index >= 15 is 0 Å². The van der Waals surface area contributed by atoms with Crippen molar-refractivity contribution < 1.29 is 30.3 Å². The van der Waals surface area contributed by atoms with E-state index in [9.17, 15) is 0 Å². The Labute approximate surface area is 115 Å². The summed E-state index contributed by atoms with van der Waals surface area (Å²) in [6.45, 7) is -0.526. The van der Waals surface area contributed by atoms with Crippen molar-refractivity contribution in [3.63, 3.8) is 0 Å². The minimum absolute atomic E-state index is 0.526. The van der Waals surface area contributed by atoms with E-state index in [0.29, 0.717) is 0 Å². The first-order valence-corrected chi connectivity index (χ1v) is 6.04. The molecule has 5 N–H and O–H groups in total. The lowest BCUT2D eigenvalue weighted by Crippen LogP contribution is -2.58. The molecule has 1 saturated heterocycles. The Bertz CT molecular complexity index is 358. The smallest absolute Gasteiger partial charge is 0.184 e. The number of hydrogen-bond donors (Lipinski definition) is 5. The molecule has 0 amide bonds. The Kier molecular flexibility index (Phi) is 6.67. The molecule has 1 aromatic carbocycles. The Balaban J connectivity index is 0.000000218. The van der Waals surface area contributed by atoms with Gasteiger partial charge in [-0.3, -0.25) is 0 Å². The van der Waals surface area contributed by atoms with Gasteiger partial charge >= 0.3 is 0 Å². The van der Waals surface area contributed by atoms with Crippen LogP contribution in [0.25, 0.3) is 0 Å². The van der Waals surface area contributed by atoms with Gasteiger partial charge in [0.2, 0.25) is 0 Å². The van der Waals surface area contributed by atoms with Crippen molar-refractivity contribution in [2.24, 2.45) is 0 Å². The van der Waals surface area contributed by atoms with Gasteiger partial charge in [-0.1, -0.05) is 29.8 Å². The van der Waals surface area contributed by atoms with Crippen molar-refractivity contribution in [3.8, 4) is 0 Å². The maximum Gasteiger partial charge on any atom is 0.184 e. The highest BCUT2D eigenvalue weighted by Gasteiger charge is 2.42. The van der Waals surface area contributed by atoms with Gasteiger partial charge in [-0.15, -0.1) is 0 Å². The van der Waals surface area contributed by atoms with Crippen LogP contribution in [0, 0.1) is 0 Å². The second kappa shape index (κ2) is 7.76. The summed E-state index contributed by atoms with van der Waals surface area (Å²) in [5.74, 6) is 0. The summed E-state index contributed by atoms with van der Waals surface area (Å²) in [5, 5.41) is 45.5. The fourth-order valence-corrected chi connectivity index (χ4v) is 1.64. The van der Waals surface area contributed by atoms with Gasteiger partial charge in [-0.2, -0.15) is 0 Å². The molecule has 1 aliphatic rings. The minimum Gasteiger partial charge on any atom is -0.394 e. The van der Waals surface area contributed by atoms with Gasteiger partial charge in [0.1, 0.15) is 24.4 Å². The van der Waals surface area contributed by atoms with Gasteiger partial charge in [-0.05, 0) is 12.1 Å². The molecule has 6 nitrogen and oxygen atoms in total. The molecule has 1 fully saturated rings. The van der Waals surface area contributed by atoms with Gasteiger partial charge in [0.15, 0.2) is 6.29 Å². The normalized spacial score (nSPS) is 34.3. The summed E-state index contributed by atoms with van der Waals surface area (Å²) in [6, 6.07) is 9.44. The fraction of sp³-hybridized carbons (Fsp3) is 0.500. The third kappa shape index (κ3) is 4.70. The van der Waals surface area contributed by atoms with Crippen LogP contribution in [0.2, 0.25) is 5.02 Å². The van der Waals surface area contributed by atoms with Crippen LogP contribution in [-0.4, -0.2) is 62.8 Å². The average Bonchev–Trinajstić information content (AvgIpc) is 2.42. The first-order chi connectivity index (χ1) is 8.97. The second-order valence-electron chi connectivity index (χ2n) is 4.02. The van der Waals surface area contributed by atoms with E-state index in [1.165, 1.54) is 0 Å². The molecular weight excluding hydrogens is 276 g/mol. The lowest BCUT2D eigenvalue weighted by atomic mass is 10.00. The number of aliphatic hydroxyl groups excluding tert-OH is 5. The maximum atomic E-state index is 9.12. The quantitative estimate of drug-likeness (QED) is 0.460. The van der Waals surface area contributed by atoms with Crippen LogP contribution >= 0.6 is 11.6 Å². The zero-order chi connectivity index (χ0) is 14.4. The highest BCUT2D eigenvalue weighted by atomic mass is 35.5. The van der Waals surface area contributed by atoms with Gasteiger partial charge in [0, 0.05) is 5.02 Å². The van der Waals surface area contributed by atoms with E-state index in [4.69, 9.17) is 37.1 Å². The van der Waals surface area contributed by atoms with E-state index in [-0.39, 0.29) is 0 Å². The molecule has 0 aliphatic carbocycles. The van der Waals surface area contributed by atoms with Crippen LogP contribution in [0.5, 0.6) is 0 Å². The Morgan fingerprint density at radius 3 is 1.95 bits per heavy atom. The second-order valence-corrected chi connectivity index (χ2v) is 4.45. The zero-order valence-electron chi connectivity index (χ0n) is 10.0. The lowest BCUT2D eigenvalue weighted by molar-refractivity contribution is -0.286. The summed E-state index contributed by atoms with van der Waals surface area (Å²) >= 11 is 5.54. The third-order valence-corrected chi connectivity index (χ3v) is 2.85. The van der Waals surface area contributed by atoms with E-state index in [1.807, 2.05) is 30.3 Å². The van der Waals surface area contributed by atoms with E-state index < -0.39 is 37.3 Å². The fourth-order valence-electron chi connectivity index (χ4n) is 1.50.